The van der Waals surface area contributed by atoms with Crippen LogP contribution in [0, 0.1) is 5.92 Å². The zero-order chi connectivity index (χ0) is 32.7. The van der Waals surface area contributed by atoms with Crippen molar-refractivity contribution >= 4 is 46.4 Å². The lowest BCUT2D eigenvalue weighted by Gasteiger charge is -2.26. The van der Waals surface area contributed by atoms with Gasteiger partial charge in [-0.05, 0) is 56.0 Å². The standard InChI is InChI=1S/C33H31Cl3N8O3/c1-19-3-2-4-29(26-13-20(7-10-37-26)32-27(39-33(19)46)16-38-44(32)22-8-11-47-12-9-22)42-17-25(35)23(15-31(42)45)24-14-21(34)5-6-28(24)43-18-30(36)40-41-43/h5-7,10,13-19,22,29H,2-4,8-9,11-12H2,1H3,(H,39,46). The summed E-state index contributed by atoms with van der Waals surface area (Å²) in [5.41, 5.74) is 4.44. The highest BCUT2D eigenvalue weighted by Gasteiger charge is 2.27. The zero-order valence-electron chi connectivity index (χ0n) is 25.4. The largest absolute Gasteiger partial charge is 0.381 e. The lowest BCUT2D eigenvalue weighted by Crippen LogP contribution is -2.27. The molecular formula is C33H31Cl3N8O3. The van der Waals surface area contributed by atoms with Crippen molar-refractivity contribution in [2.24, 2.45) is 5.92 Å². The summed E-state index contributed by atoms with van der Waals surface area (Å²) in [5.74, 6) is -0.324. The summed E-state index contributed by atoms with van der Waals surface area (Å²) in [4.78, 5) is 32.1. The van der Waals surface area contributed by atoms with E-state index in [2.05, 4.69) is 15.6 Å². The number of carbonyl (C=O) groups excluding carboxylic acids is 1. The van der Waals surface area contributed by atoms with Crippen LogP contribution in [0.15, 0.2) is 66.0 Å². The molecule has 2 aliphatic heterocycles. The van der Waals surface area contributed by atoms with E-state index in [1.807, 2.05) is 23.7 Å². The first kappa shape index (κ1) is 31.6. The quantitative estimate of drug-likeness (QED) is 0.215. The number of ether oxygens (including phenoxy) is 1. The van der Waals surface area contributed by atoms with Gasteiger partial charge in [-0.1, -0.05) is 53.4 Å². The van der Waals surface area contributed by atoms with Crippen LogP contribution in [-0.2, 0) is 9.53 Å². The monoisotopic (exact) mass is 692 g/mol. The molecular weight excluding hydrogens is 663 g/mol. The highest BCUT2D eigenvalue weighted by Crippen LogP contribution is 2.38. The molecule has 2 bridgehead atoms. The fourth-order valence-electron chi connectivity index (χ4n) is 6.42. The number of aromatic nitrogens is 7. The molecule has 1 saturated heterocycles. The maximum atomic E-state index is 14.0. The smallest absolute Gasteiger partial charge is 0.251 e. The number of hydrogen-bond donors (Lipinski definition) is 1. The molecule has 2 atom stereocenters. The average molecular weight is 694 g/mol. The number of amides is 1. The molecule has 5 aromatic rings. The summed E-state index contributed by atoms with van der Waals surface area (Å²) in [5, 5.41) is 16.8. The molecule has 4 aromatic heterocycles. The maximum absolute atomic E-state index is 14.0. The van der Waals surface area contributed by atoms with Crippen molar-refractivity contribution in [3.05, 3.63) is 92.4 Å². The number of benzene rings is 1. The van der Waals surface area contributed by atoms with Crippen molar-refractivity contribution in [1.29, 1.82) is 0 Å². The summed E-state index contributed by atoms with van der Waals surface area (Å²) in [6, 6.07) is 10.3. The third-order valence-electron chi connectivity index (χ3n) is 8.88. The van der Waals surface area contributed by atoms with Gasteiger partial charge in [0.1, 0.15) is 0 Å². The molecule has 1 amide bonds. The van der Waals surface area contributed by atoms with Gasteiger partial charge in [-0.25, -0.2) is 4.68 Å². The number of fused-ring (bicyclic) bond motifs is 4. The first-order valence-electron chi connectivity index (χ1n) is 15.5. The first-order chi connectivity index (χ1) is 22.8. The van der Waals surface area contributed by atoms with Crippen LogP contribution in [0.3, 0.4) is 0 Å². The van der Waals surface area contributed by atoms with E-state index in [0.717, 1.165) is 24.1 Å². The molecule has 11 nitrogen and oxygen atoms in total. The molecule has 1 aromatic carbocycles. The number of rotatable bonds is 4. The number of carbonyl (C=O) groups is 1. The van der Waals surface area contributed by atoms with Crippen LogP contribution >= 0.6 is 34.8 Å². The van der Waals surface area contributed by atoms with E-state index < -0.39 is 6.04 Å². The Balaban J connectivity index is 1.33. The molecule has 7 rings (SSSR count). The Morgan fingerprint density at radius 3 is 2.57 bits per heavy atom. The summed E-state index contributed by atoms with van der Waals surface area (Å²) < 4.78 is 10.7. The minimum Gasteiger partial charge on any atom is -0.381 e. The second kappa shape index (κ2) is 13.2. The fourth-order valence-corrected chi connectivity index (χ4v) is 6.98. The molecule has 0 aliphatic carbocycles. The predicted molar refractivity (Wildman–Crippen MR) is 180 cm³/mol. The molecule has 1 fully saturated rings. The minimum absolute atomic E-state index is 0.0697. The van der Waals surface area contributed by atoms with Crippen LogP contribution in [0.2, 0.25) is 15.2 Å². The Kier molecular flexibility index (Phi) is 8.89. The zero-order valence-corrected chi connectivity index (χ0v) is 27.7. The molecule has 1 N–H and O–H groups in total. The number of hydrogen-bond acceptors (Lipinski definition) is 7. The van der Waals surface area contributed by atoms with E-state index in [9.17, 15) is 9.59 Å². The number of nitrogens with one attached hydrogen (secondary N) is 1. The van der Waals surface area contributed by atoms with Crippen molar-refractivity contribution in [3.63, 3.8) is 0 Å². The third-order valence-corrected chi connectivity index (χ3v) is 9.59. The summed E-state index contributed by atoms with van der Waals surface area (Å²) in [6.07, 6.45) is 10.2. The first-order valence-corrected chi connectivity index (χ1v) is 16.6. The third kappa shape index (κ3) is 6.32. The van der Waals surface area contributed by atoms with E-state index in [-0.39, 0.29) is 28.6 Å². The van der Waals surface area contributed by atoms with Gasteiger partial charge in [-0.15, -0.1) is 5.10 Å². The van der Waals surface area contributed by atoms with E-state index >= 15 is 0 Å². The van der Waals surface area contributed by atoms with Crippen molar-refractivity contribution in [3.8, 4) is 28.1 Å². The van der Waals surface area contributed by atoms with E-state index in [4.69, 9.17) is 49.6 Å². The van der Waals surface area contributed by atoms with Crippen molar-refractivity contribution < 1.29 is 9.53 Å². The minimum atomic E-state index is -0.445. The van der Waals surface area contributed by atoms with Gasteiger partial charge >= 0.3 is 0 Å². The molecule has 0 saturated carbocycles. The van der Waals surface area contributed by atoms with Crippen LogP contribution in [-0.4, -0.2) is 53.4 Å². The molecule has 2 unspecified atom stereocenters. The highest BCUT2D eigenvalue weighted by molar-refractivity contribution is 6.34. The van der Waals surface area contributed by atoms with Gasteiger partial charge in [0.25, 0.3) is 5.56 Å². The second-order valence-electron chi connectivity index (χ2n) is 11.9. The SMILES string of the molecule is CC1CCCC(n2cc(Cl)c(-c3cc(Cl)ccc3-n3cc(Cl)nn3)cc2=O)c2cc(ccn2)-c2c(cnn2C2CCOCC2)NC1=O. The molecule has 6 heterocycles. The Bertz CT molecular complexity index is 2020. The van der Waals surface area contributed by atoms with Crippen LogP contribution in [0.25, 0.3) is 28.1 Å². The van der Waals surface area contributed by atoms with Gasteiger partial charge in [0.05, 0.1) is 52.3 Å². The number of nitrogens with zero attached hydrogens (tertiary/aromatic N) is 7. The van der Waals surface area contributed by atoms with Gasteiger partial charge in [-0.2, -0.15) is 5.10 Å². The van der Waals surface area contributed by atoms with E-state index in [1.165, 1.54) is 10.7 Å². The topological polar surface area (TPSA) is 122 Å². The lowest BCUT2D eigenvalue weighted by molar-refractivity contribution is -0.119. The Hall–Kier alpha value is -4.03. The van der Waals surface area contributed by atoms with Crippen LogP contribution in [0.5, 0.6) is 0 Å². The lowest BCUT2D eigenvalue weighted by atomic mass is 9.96. The molecule has 0 spiro atoms. The second-order valence-corrected chi connectivity index (χ2v) is 13.2. The van der Waals surface area contributed by atoms with Gasteiger partial charge in [-0.3, -0.25) is 19.3 Å². The molecule has 47 heavy (non-hydrogen) atoms. The Labute approximate surface area is 285 Å². The van der Waals surface area contributed by atoms with E-state index in [0.29, 0.717) is 70.7 Å². The van der Waals surface area contributed by atoms with Crippen molar-refractivity contribution in [1.82, 2.24) is 34.3 Å². The number of halogens is 3. The van der Waals surface area contributed by atoms with Crippen LogP contribution in [0.4, 0.5) is 5.69 Å². The normalized spacial score (nSPS) is 19.0. The predicted octanol–water partition coefficient (Wildman–Crippen LogP) is 7.01. The van der Waals surface area contributed by atoms with E-state index in [1.54, 1.807) is 47.6 Å². The van der Waals surface area contributed by atoms with Gasteiger partial charge < -0.3 is 14.6 Å². The Morgan fingerprint density at radius 1 is 0.957 bits per heavy atom. The summed E-state index contributed by atoms with van der Waals surface area (Å²) in [6.45, 7) is 3.21. The van der Waals surface area contributed by atoms with Gasteiger partial charge in [0.15, 0.2) is 5.15 Å². The van der Waals surface area contributed by atoms with Gasteiger partial charge in [0, 0.05) is 59.3 Å². The molecule has 242 valence electrons. The maximum Gasteiger partial charge on any atom is 0.251 e. The van der Waals surface area contributed by atoms with Gasteiger partial charge in [0.2, 0.25) is 5.91 Å². The van der Waals surface area contributed by atoms with Crippen molar-refractivity contribution in [2.75, 3.05) is 18.5 Å². The fraction of sp³-hybridized carbons (Fsp3) is 0.333. The molecule has 2 aliphatic rings. The molecule has 0 radical (unpaired) electrons. The molecule has 14 heteroatoms. The number of anilines is 1. The Morgan fingerprint density at radius 2 is 1.79 bits per heavy atom. The van der Waals surface area contributed by atoms with Crippen LogP contribution < -0.4 is 10.9 Å². The summed E-state index contributed by atoms with van der Waals surface area (Å²) in [7, 11) is 0. The average Bonchev–Trinajstić information content (AvgIpc) is 3.70. The number of pyridine rings is 2. The highest BCUT2D eigenvalue weighted by atomic mass is 35.5. The summed E-state index contributed by atoms with van der Waals surface area (Å²) >= 11 is 19.4. The van der Waals surface area contributed by atoms with Crippen molar-refractivity contribution in [2.45, 2.75) is 51.1 Å². The van der Waals surface area contributed by atoms with Crippen LogP contribution in [0.1, 0.15) is 56.8 Å².